The van der Waals surface area contributed by atoms with Gasteiger partial charge in [0.1, 0.15) is 5.60 Å². The van der Waals surface area contributed by atoms with Crippen LogP contribution < -0.4 is 14.8 Å². The number of ether oxygens (including phenoxy) is 3. The van der Waals surface area contributed by atoms with E-state index in [9.17, 15) is 4.79 Å². The highest BCUT2D eigenvalue weighted by Gasteiger charge is 2.48. The number of amides is 1. The van der Waals surface area contributed by atoms with Gasteiger partial charge in [0.2, 0.25) is 0 Å². The van der Waals surface area contributed by atoms with Gasteiger partial charge in [-0.05, 0) is 36.1 Å². The molecule has 2 atom stereocenters. The average molecular weight is 346 g/mol. The van der Waals surface area contributed by atoms with Crippen LogP contribution in [0.3, 0.4) is 0 Å². The Balaban J connectivity index is 1.66. The van der Waals surface area contributed by atoms with Crippen molar-refractivity contribution < 1.29 is 19.0 Å². The number of hydrogen-bond donors (Lipinski definition) is 1. The van der Waals surface area contributed by atoms with E-state index in [1.54, 1.807) is 7.11 Å². The molecular formula is C19H26N2O4. The fourth-order valence-corrected chi connectivity index (χ4v) is 4.31. The Kier molecular flexibility index (Phi) is 4.23. The Morgan fingerprint density at radius 1 is 1.36 bits per heavy atom. The predicted octanol–water partition coefficient (Wildman–Crippen LogP) is 2.66. The number of fused-ring (bicyclic) bond motifs is 3. The van der Waals surface area contributed by atoms with Crippen LogP contribution in [0.4, 0.5) is 4.79 Å². The van der Waals surface area contributed by atoms with Gasteiger partial charge in [0.05, 0.1) is 20.3 Å². The molecule has 3 heterocycles. The molecule has 3 aliphatic rings. The van der Waals surface area contributed by atoms with E-state index in [1.807, 2.05) is 0 Å². The first-order valence-electron chi connectivity index (χ1n) is 9.18. The highest BCUT2D eigenvalue weighted by molar-refractivity contribution is 5.70. The number of rotatable bonds is 4. The number of carbonyl (C=O) groups excluding carboxylic acids is 1. The Morgan fingerprint density at radius 2 is 2.24 bits per heavy atom. The Bertz CT molecular complexity index is 678. The van der Waals surface area contributed by atoms with Gasteiger partial charge in [-0.15, -0.1) is 0 Å². The van der Waals surface area contributed by atoms with Crippen LogP contribution in [-0.2, 0) is 11.2 Å². The van der Waals surface area contributed by atoms with Gasteiger partial charge >= 0.3 is 6.09 Å². The van der Waals surface area contributed by atoms with Gasteiger partial charge in [-0.2, -0.15) is 0 Å². The van der Waals surface area contributed by atoms with Gasteiger partial charge in [0, 0.05) is 32.0 Å². The van der Waals surface area contributed by atoms with E-state index in [0.29, 0.717) is 13.2 Å². The smallest absolute Gasteiger partial charge is 0.407 e. The molecule has 0 aromatic heterocycles. The fourth-order valence-electron chi connectivity index (χ4n) is 4.31. The summed E-state index contributed by atoms with van der Waals surface area (Å²) in [5.74, 6) is 1.62. The highest BCUT2D eigenvalue weighted by Crippen LogP contribution is 2.45. The molecule has 0 bridgehead atoms. The third-order valence-corrected chi connectivity index (χ3v) is 5.64. The molecule has 4 rings (SSSR count). The van der Waals surface area contributed by atoms with Crippen LogP contribution in [0.5, 0.6) is 11.5 Å². The summed E-state index contributed by atoms with van der Waals surface area (Å²) in [5.41, 5.74) is 2.24. The lowest BCUT2D eigenvalue weighted by atomic mass is 9.79. The predicted molar refractivity (Wildman–Crippen MR) is 93.2 cm³/mol. The van der Waals surface area contributed by atoms with Gasteiger partial charge in [-0.25, -0.2) is 4.79 Å². The number of hydrogen-bond acceptors (Lipinski definition) is 5. The Labute approximate surface area is 148 Å². The minimum Gasteiger partial charge on any atom is -0.493 e. The summed E-state index contributed by atoms with van der Waals surface area (Å²) >= 11 is 0. The average Bonchev–Trinajstić information content (AvgIpc) is 2.99. The maximum absolute atomic E-state index is 11.6. The summed E-state index contributed by atoms with van der Waals surface area (Å²) < 4.78 is 17.1. The van der Waals surface area contributed by atoms with Crippen molar-refractivity contribution in [2.24, 2.45) is 0 Å². The third kappa shape index (κ3) is 2.92. The number of benzene rings is 1. The second-order valence-corrected chi connectivity index (χ2v) is 7.23. The summed E-state index contributed by atoms with van der Waals surface area (Å²) in [4.78, 5) is 14.1. The van der Waals surface area contributed by atoms with Gasteiger partial charge in [0.15, 0.2) is 11.5 Å². The van der Waals surface area contributed by atoms with Crippen LogP contribution in [0.15, 0.2) is 12.1 Å². The van der Waals surface area contributed by atoms with E-state index in [4.69, 9.17) is 14.2 Å². The van der Waals surface area contributed by atoms with E-state index in [0.717, 1.165) is 50.3 Å². The van der Waals surface area contributed by atoms with Crippen molar-refractivity contribution in [1.29, 1.82) is 0 Å². The van der Waals surface area contributed by atoms with Gasteiger partial charge < -0.3 is 19.5 Å². The first-order chi connectivity index (χ1) is 12.1. The molecule has 0 radical (unpaired) electrons. The normalized spacial score (nSPS) is 28.1. The van der Waals surface area contributed by atoms with Crippen LogP contribution in [0.25, 0.3) is 0 Å². The van der Waals surface area contributed by atoms with Crippen molar-refractivity contribution in [1.82, 2.24) is 10.2 Å². The van der Waals surface area contributed by atoms with Gasteiger partial charge in [-0.3, -0.25) is 4.90 Å². The number of carbonyl (C=O) groups is 1. The molecule has 1 aromatic carbocycles. The lowest BCUT2D eigenvalue weighted by Gasteiger charge is -2.46. The van der Waals surface area contributed by atoms with E-state index >= 15 is 0 Å². The minimum atomic E-state index is -0.364. The van der Waals surface area contributed by atoms with Crippen molar-refractivity contribution in [3.05, 3.63) is 23.3 Å². The molecule has 6 nitrogen and oxygen atoms in total. The molecular weight excluding hydrogens is 320 g/mol. The number of methoxy groups -OCH3 is 1. The molecule has 2 saturated heterocycles. The largest absolute Gasteiger partial charge is 0.493 e. The summed E-state index contributed by atoms with van der Waals surface area (Å²) in [6, 6.07) is 4.53. The monoisotopic (exact) mass is 346 g/mol. The van der Waals surface area contributed by atoms with E-state index in [2.05, 4.69) is 29.3 Å². The lowest BCUT2D eigenvalue weighted by molar-refractivity contribution is -0.0296. The van der Waals surface area contributed by atoms with Gasteiger partial charge in [0.25, 0.3) is 0 Å². The van der Waals surface area contributed by atoms with Crippen molar-refractivity contribution in [2.75, 3.05) is 33.4 Å². The summed E-state index contributed by atoms with van der Waals surface area (Å²) in [5, 5.41) is 2.83. The molecule has 2 fully saturated rings. The molecule has 1 amide bonds. The standard InChI is InChI=1S/C19H26N2O4/c1-3-8-24-17-10-14-13(9-16(17)23-2)4-6-21-7-5-19(11-15(14)21)12-20-18(22)25-19/h9-10,15H,3-8,11-12H2,1-2H3,(H,20,22)/t15-,19-/m0/s1. The maximum Gasteiger partial charge on any atom is 0.407 e. The number of alkyl carbamates (subject to hydrolysis) is 1. The van der Waals surface area contributed by atoms with Crippen LogP contribution in [0.2, 0.25) is 0 Å². The van der Waals surface area contributed by atoms with Crippen molar-refractivity contribution in [2.45, 2.75) is 44.2 Å². The third-order valence-electron chi connectivity index (χ3n) is 5.64. The summed E-state index contributed by atoms with van der Waals surface area (Å²) in [6.07, 6.45) is 3.42. The molecule has 25 heavy (non-hydrogen) atoms. The molecule has 6 heteroatoms. The molecule has 1 spiro atoms. The van der Waals surface area contributed by atoms with E-state index in [1.165, 1.54) is 11.1 Å². The van der Waals surface area contributed by atoms with Crippen molar-refractivity contribution in [3.8, 4) is 11.5 Å². The summed E-state index contributed by atoms with van der Waals surface area (Å²) in [6.45, 7) is 5.37. The molecule has 136 valence electrons. The van der Waals surface area contributed by atoms with Gasteiger partial charge in [-0.1, -0.05) is 6.92 Å². The molecule has 0 aliphatic carbocycles. The van der Waals surface area contributed by atoms with E-state index < -0.39 is 0 Å². The lowest BCUT2D eigenvalue weighted by Crippen LogP contribution is -2.50. The second-order valence-electron chi connectivity index (χ2n) is 7.23. The highest BCUT2D eigenvalue weighted by atomic mass is 16.6. The number of nitrogens with zero attached hydrogens (tertiary/aromatic N) is 1. The van der Waals surface area contributed by atoms with Crippen LogP contribution in [-0.4, -0.2) is 49.9 Å². The molecule has 0 saturated carbocycles. The van der Waals surface area contributed by atoms with E-state index in [-0.39, 0.29) is 17.7 Å². The molecule has 3 aliphatic heterocycles. The minimum absolute atomic E-state index is 0.264. The van der Waals surface area contributed by atoms with Crippen molar-refractivity contribution >= 4 is 6.09 Å². The zero-order valence-corrected chi connectivity index (χ0v) is 15.0. The van der Waals surface area contributed by atoms with Crippen LogP contribution >= 0.6 is 0 Å². The summed E-state index contributed by atoms with van der Waals surface area (Å²) in [7, 11) is 1.69. The molecule has 1 aromatic rings. The SMILES string of the molecule is CCCOc1cc2c(cc1OC)CCN1CC[C@@]3(CNC(=O)O3)C[C@@H]21. The first-order valence-corrected chi connectivity index (χ1v) is 9.18. The second kappa shape index (κ2) is 6.41. The molecule has 1 N–H and O–H groups in total. The Hall–Kier alpha value is -1.95. The molecule has 0 unspecified atom stereocenters. The number of nitrogens with one attached hydrogen (secondary N) is 1. The van der Waals surface area contributed by atoms with Crippen molar-refractivity contribution in [3.63, 3.8) is 0 Å². The number of piperidine rings is 1. The fraction of sp³-hybridized carbons (Fsp3) is 0.632. The van der Waals surface area contributed by atoms with Crippen LogP contribution in [0, 0.1) is 0 Å². The quantitative estimate of drug-likeness (QED) is 0.908. The Morgan fingerprint density at radius 3 is 2.96 bits per heavy atom. The first kappa shape index (κ1) is 16.5. The zero-order valence-electron chi connectivity index (χ0n) is 15.0. The van der Waals surface area contributed by atoms with Crippen LogP contribution in [0.1, 0.15) is 43.4 Å². The topological polar surface area (TPSA) is 60.0 Å². The zero-order chi connectivity index (χ0) is 17.4. The maximum atomic E-state index is 11.6.